The molecule has 1 aromatic heterocycles. The van der Waals surface area contributed by atoms with E-state index in [4.69, 9.17) is 5.73 Å². The summed E-state index contributed by atoms with van der Waals surface area (Å²) in [5.41, 5.74) is 6.20. The summed E-state index contributed by atoms with van der Waals surface area (Å²) >= 11 is 0. The van der Waals surface area contributed by atoms with Crippen molar-refractivity contribution in [2.24, 2.45) is 0 Å². The molecule has 0 saturated heterocycles. The number of anilines is 1. The quantitative estimate of drug-likeness (QED) is 0.574. The van der Waals surface area contributed by atoms with Crippen LogP contribution in [0.2, 0.25) is 0 Å². The van der Waals surface area contributed by atoms with Gasteiger partial charge >= 0.3 is 0 Å². The summed E-state index contributed by atoms with van der Waals surface area (Å²) in [4.78, 5) is 3.85. The van der Waals surface area contributed by atoms with Crippen LogP contribution in [0.4, 0.5) is 5.69 Å². The number of aromatic nitrogens is 1. The Morgan fingerprint density at radius 3 is 2.92 bits per heavy atom. The minimum absolute atomic E-state index is 0.166. The topological polar surface area (TPSA) is 59.1 Å². The second kappa shape index (κ2) is 2.37. The first-order valence-electron chi connectivity index (χ1n) is 3.59. The molecular formula is C9H8N2O. The number of nitrogens with two attached hydrogens (primary N) is 1. The van der Waals surface area contributed by atoms with Gasteiger partial charge in [0.1, 0.15) is 5.75 Å². The molecule has 0 amide bonds. The van der Waals surface area contributed by atoms with Crippen LogP contribution in [-0.2, 0) is 0 Å². The molecule has 3 heteroatoms. The van der Waals surface area contributed by atoms with E-state index in [9.17, 15) is 5.11 Å². The van der Waals surface area contributed by atoms with Crippen LogP contribution in [-0.4, -0.2) is 10.1 Å². The van der Waals surface area contributed by atoms with Crippen LogP contribution < -0.4 is 5.73 Å². The number of benzene rings is 1. The molecule has 0 aliphatic rings. The van der Waals surface area contributed by atoms with Gasteiger partial charge in [-0.2, -0.15) is 0 Å². The van der Waals surface area contributed by atoms with E-state index in [0.29, 0.717) is 5.69 Å². The summed E-state index contributed by atoms with van der Waals surface area (Å²) in [5.74, 6) is 0.166. The highest BCUT2D eigenvalue weighted by Crippen LogP contribution is 2.24. The van der Waals surface area contributed by atoms with Crippen molar-refractivity contribution in [3.05, 3.63) is 30.6 Å². The lowest BCUT2D eigenvalue weighted by atomic mass is 10.1. The fourth-order valence-electron chi connectivity index (χ4n) is 1.17. The molecule has 0 spiro atoms. The molecule has 0 aliphatic heterocycles. The molecule has 1 heterocycles. The molecule has 1 aromatic carbocycles. The van der Waals surface area contributed by atoms with Crippen molar-refractivity contribution < 1.29 is 5.11 Å². The minimum Gasteiger partial charge on any atom is -0.506 e. The fraction of sp³-hybridized carbons (Fsp3) is 0. The monoisotopic (exact) mass is 160 g/mol. The van der Waals surface area contributed by atoms with Gasteiger partial charge in [-0.15, -0.1) is 0 Å². The largest absolute Gasteiger partial charge is 0.506 e. The fourth-order valence-corrected chi connectivity index (χ4v) is 1.17. The predicted octanol–water partition coefficient (Wildman–Crippen LogP) is 1.52. The summed E-state index contributed by atoms with van der Waals surface area (Å²) in [5, 5.41) is 11.0. The molecule has 3 nitrogen and oxygen atoms in total. The first kappa shape index (κ1) is 6.91. The molecule has 12 heavy (non-hydrogen) atoms. The SMILES string of the molecule is Nc1ccc2cncc(O)c2c1. The average molecular weight is 160 g/mol. The summed E-state index contributed by atoms with van der Waals surface area (Å²) in [6.07, 6.45) is 3.09. The van der Waals surface area contributed by atoms with Gasteiger partial charge in [-0.3, -0.25) is 4.98 Å². The Kier molecular flexibility index (Phi) is 1.37. The Labute approximate surface area is 69.5 Å². The molecule has 2 aromatic rings. The van der Waals surface area contributed by atoms with Crippen LogP contribution in [0, 0.1) is 0 Å². The zero-order valence-electron chi connectivity index (χ0n) is 6.36. The Morgan fingerprint density at radius 1 is 1.25 bits per heavy atom. The minimum atomic E-state index is 0.166. The zero-order valence-corrected chi connectivity index (χ0v) is 6.36. The highest BCUT2D eigenvalue weighted by atomic mass is 16.3. The number of hydrogen-bond acceptors (Lipinski definition) is 3. The molecule has 0 saturated carbocycles. The van der Waals surface area contributed by atoms with E-state index in [1.165, 1.54) is 6.20 Å². The Bertz CT molecular complexity index is 426. The number of hydrogen-bond donors (Lipinski definition) is 2. The number of nitrogen functional groups attached to an aromatic ring is 1. The lowest BCUT2D eigenvalue weighted by Crippen LogP contribution is -1.84. The van der Waals surface area contributed by atoms with Gasteiger partial charge in [0.25, 0.3) is 0 Å². The Balaban J connectivity index is 2.88. The van der Waals surface area contributed by atoms with Crippen molar-refractivity contribution in [1.29, 1.82) is 0 Å². The normalized spacial score (nSPS) is 10.3. The lowest BCUT2D eigenvalue weighted by molar-refractivity contribution is 0.479. The summed E-state index contributed by atoms with van der Waals surface area (Å²) in [6.45, 7) is 0. The maximum atomic E-state index is 9.38. The third-order valence-electron chi connectivity index (χ3n) is 1.76. The van der Waals surface area contributed by atoms with Crippen molar-refractivity contribution in [3.63, 3.8) is 0 Å². The van der Waals surface area contributed by atoms with Gasteiger partial charge in [0.2, 0.25) is 0 Å². The number of nitrogens with zero attached hydrogens (tertiary/aromatic N) is 1. The van der Waals surface area contributed by atoms with Crippen LogP contribution >= 0.6 is 0 Å². The van der Waals surface area contributed by atoms with Gasteiger partial charge in [0, 0.05) is 22.7 Å². The maximum absolute atomic E-state index is 9.38. The Hall–Kier alpha value is -1.77. The molecule has 0 radical (unpaired) electrons. The van der Waals surface area contributed by atoms with E-state index in [-0.39, 0.29) is 5.75 Å². The average Bonchev–Trinajstić information content (AvgIpc) is 2.07. The molecule has 2 rings (SSSR count). The summed E-state index contributed by atoms with van der Waals surface area (Å²) < 4.78 is 0. The molecule has 0 atom stereocenters. The third-order valence-corrected chi connectivity index (χ3v) is 1.76. The van der Waals surface area contributed by atoms with Gasteiger partial charge < -0.3 is 10.8 Å². The second-order valence-electron chi connectivity index (χ2n) is 2.64. The van der Waals surface area contributed by atoms with Crippen molar-refractivity contribution in [1.82, 2.24) is 4.98 Å². The molecular weight excluding hydrogens is 152 g/mol. The highest BCUT2D eigenvalue weighted by Gasteiger charge is 1.98. The predicted molar refractivity (Wildman–Crippen MR) is 47.8 cm³/mol. The van der Waals surface area contributed by atoms with E-state index in [1.807, 2.05) is 6.07 Å². The van der Waals surface area contributed by atoms with E-state index in [2.05, 4.69) is 4.98 Å². The first-order chi connectivity index (χ1) is 5.77. The van der Waals surface area contributed by atoms with Crippen molar-refractivity contribution in [2.75, 3.05) is 5.73 Å². The van der Waals surface area contributed by atoms with Crippen LogP contribution in [0.1, 0.15) is 0 Å². The molecule has 3 N–H and O–H groups in total. The zero-order chi connectivity index (χ0) is 8.55. The van der Waals surface area contributed by atoms with E-state index >= 15 is 0 Å². The standard InChI is InChI=1S/C9H8N2O/c10-7-2-1-6-4-11-5-9(12)8(6)3-7/h1-5,12H,10H2. The number of rotatable bonds is 0. The lowest BCUT2D eigenvalue weighted by Gasteiger charge is -2.00. The van der Waals surface area contributed by atoms with Crippen LogP contribution in [0.25, 0.3) is 10.8 Å². The molecule has 60 valence electrons. The van der Waals surface area contributed by atoms with Crippen LogP contribution in [0.5, 0.6) is 5.75 Å². The summed E-state index contributed by atoms with van der Waals surface area (Å²) in [7, 11) is 0. The molecule has 0 unspecified atom stereocenters. The van der Waals surface area contributed by atoms with Gasteiger partial charge in [-0.25, -0.2) is 0 Å². The van der Waals surface area contributed by atoms with Gasteiger partial charge in [0.05, 0.1) is 6.20 Å². The second-order valence-corrected chi connectivity index (χ2v) is 2.64. The van der Waals surface area contributed by atoms with Gasteiger partial charge in [0.15, 0.2) is 0 Å². The summed E-state index contributed by atoms with van der Waals surface area (Å²) in [6, 6.07) is 5.34. The molecule has 0 aliphatic carbocycles. The van der Waals surface area contributed by atoms with Crippen molar-refractivity contribution >= 4 is 16.5 Å². The number of aromatic hydroxyl groups is 1. The molecule has 0 bridgehead atoms. The number of fused-ring (bicyclic) bond motifs is 1. The van der Waals surface area contributed by atoms with Crippen LogP contribution in [0.3, 0.4) is 0 Å². The van der Waals surface area contributed by atoms with E-state index in [1.54, 1.807) is 18.3 Å². The van der Waals surface area contributed by atoms with Crippen molar-refractivity contribution in [2.45, 2.75) is 0 Å². The van der Waals surface area contributed by atoms with Crippen molar-refractivity contribution in [3.8, 4) is 5.75 Å². The molecule has 0 fully saturated rings. The number of pyridine rings is 1. The van der Waals surface area contributed by atoms with Gasteiger partial charge in [-0.1, -0.05) is 6.07 Å². The van der Waals surface area contributed by atoms with Gasteiger partial charge in [-0.05, 0) is 12.1 Å². The third kappa shape index (κ3) is 0.955. The highest BCUT2D eigenvalue weighted by molar-refractivity contribution is 5.89. The van der Waals surface area contributed by atoms with E-state index in [0.717, 1.165) is 10.8 Å². The first-order valence-corrected chi connectivity index (χ1v) is 3.59. The maximum Gasteiger partial charge on any atom is 0.141 e. The smallest absolute Gasteiger partial charge is 0.141 e. The van der Waals surface area contributed by atoms with Crippen LogP contribution in [0.15, 0.2) is 30.6 Å². The Morgan fingerprint density at radius 2 is 2.08 bits per heavy atom. The van der Waals surface area contributed by atoms with E-state index < -0.39 is 0 Å².